The molecule has 0 unspecified atom stereocenters. The predicted octanol–water partition coefficient (Wildman–Crippen LogP) is 4.27. The van der Waals surface area contributed by atoms with Gasteiger partial charge in [0.2, 0.25) is 12.7 Å². The number of nitrogens with zero attached hydrogens (tertiary/aromatic N) is 1. The maximum atomic E-state index is 12.5. The van der Waals surface area contributed by atoms with E-state index in [2.05, 4.69) is 33.5 Å². The summed E-state index contributed by atoms with van der Waals surface area (Å²) in [5.74, 6) is 1.66. The molecule has 0 radical (unpaired) electrons. The van der Waals surface area contributed by atoms with Gasteiger partial charge in [-0.15, -0.1) is 23.1 Å². The van der Waals surface area contributed by atoms with Crippen LogP contribution in [0.3, 0.4) is 0 Å². The van der Waals surface area contributed by atoms with Crippen molar-refractivity contribution in [3.63, 3.8) is 0 Å². The molecule has 2 amide bonds. The fourth-order valence-corrected chi connectivity index (χ4v) is 5.30. The number of hydrogen-bond acceptors (Lipinski definition) is 6. The number of rotatable bonds is 9. The second-order valence-electron chi connectivity index (χ2n) is 7.69. The molecule has 2 N–H and O–H groups in total. The molecule has 7 nitrogen and oxygen atoms in total. The van der Waals surface area contributed by atoms with E-state index in [1.807, 2.05) is 47.8 Å². The normalized spacial score (nSPS) is 12.1. The lowest BCUT2D eigenvalue weighted by Gasteiger charge is -2.06. The van der Waals surface area contributed by atoms with E-state index < -0.39 is 0 Å². The lowest BCUT2D eigenvalue weighted by atomic mass is 10.2. The zero-order valence-corrected chi connectivity index (χ0v) is 19.9. The summed E-state index contributed by atoms with van der Waals surface area (Å²) in [6, 6.07) is 17.5. The Labute approximate surface area is 205 Å². The first-order valence-corrected chi connectivity index (χ1v) is 12.7. The molecule has 34 heavy (non-hydrogen) atoms. The van der Waals surface area contributed by atoms with Crippen LogP contribution in [0.5, 0.6) is 11.5 Å². The molecule has 2 aromatic heterocycles. The predicted molar refractivity (Wildman–Crippen MR) is 134 cm³/mol. The molecule has 174 valence electrons. The Balaban J connectivity index is 1.16. The average molecular weight is 494 g/mol. The van der Waals surface area contributed by atoms with Gasteiger partial charge in [0, 0.05) is 41.6 Å². The zero-order valence-electron chi connectivity index (χ0n) is 18.3. The first-order chi connectivity index (χ1) is 16.7. The molecular formula is C25H23N3O4S2. The molecule has 1 aliphatic heterocycles. The van der Waals surface area contributed by atoms with Crippen LogP contribution in [0, 0.1) is 0 Å². The van der Waals surface area contributed by atoms with Crippen molar-refractivity contribution in [1.82, 2.24) is 15.2 Å². The number of hydrogen-bond donors (Lipinski definition) is 2. The average Bonchev–Trinajstić information content (AvgIpc) is 3.62. The standard InChI is InChI=1S/C25H23N3O4S2/c29-24(27-13-17-7-8-20-21(12-17)32-16-31-20)15-34-23-14-28(19-5-2-1-4-18(19)23)10-9-26-25(30)22-6-3-11-33-22/h1-8,11-12,14H,9-10,13,15-16H2,(H,26,30)(H,27,29). The third-order valence-electron chi connectivity index (χ3n) is 5.42. The molecule has 9 heteroatoms. The monoisotopic (exact) mass is 493 g/mol. The lowest BCUT2D eigenvalue weighted by Crippen LogP contribution is -2.26. The summed E-state index contributed by atoms with van der Waals surface area (Å²) in [6.07, 6.45) is 2.05. The largest absolute Gasteiger partial charge is 0.454 e. The minimum absolute atomic E-state index is 0.0392. The van der Waals surface area contributed by atoms with Crippen LogP contribution in [-0.4, -0.2) is 35.5 Å². The number of carbonyl (C=O) groups excluding carboxylic acids is 2. The number of amides is 2. The van der Waals surface area contributed by atoms with Crippen LogP contribution >= 0.6 is 23.1 Å². The van der Waals surface area contributed by atoms with E-state index in [0.717, 1.165) is 27.1 Å². The van der Waals surface area contributed by atoms with Crippen molar-refractivity contribution in [3.05, 3.63) is 76.6 Å². The molecule has 3 heterocycles. The summed E-state index contributed by atoms with van der Waals surface area (Å²) < 4.78 is 12.8. The van der Waals surface area contributed by atoms with Gasteiger partial charge in [0.1, 0.15) is 0 Å². The SMILES string of the molecule is O=C(CSc1cn(CCNC(=O)c2cccs2)c2ccccc12)NCc1ccc2c(c1)OCO2. The Hall–Kier alpha value is -3.43. The van der Waals surface area contributed by atoms with Crippen LogP contribution in [-0.2, 0) is 17.9 Å². The highest BCUT2D eigenvalue weighted by atomic mass is 32.2. The first-order valence-electron chi connectivity index (χ1n) is 10.8. The van der Waals surface area contributed by atoms with E-state index in [1.54, 1.807) is 0 Å². The summed E-state index contributed by atoms with van der Waals surface area (Å²) in [5, 5.41) is 8.92. The second-order valence-corrected chi connectivity index (χ2v) is 9.65. The van der Waals surface area contributed by atoms with Crippen LogP contribution in [0.2, 0.25) is 0 Å². The summed E-state index contributed by atoms with van der Waals surface area (Å²) in [4.78, 5) is 26.4. The number of fused-ring (bicyclic) bond motifs is 2. The van der Waals surface area contributed by atoms with Gasteiger partial charge in [-0.1, -0.05) is 30.3 Å². The molecule has 0 saturated carbocycles. The number of benzene rings is 2. The Morgan fingerprint density at radius 1 is 1.03 bits per heavy atom. The summed E-state index contributed by atoms with van der Waals surface area (Å²) in [5.41, 5.74) is 2.04. The van der Waals surface area contributed by atoms with Gasteiger partial charge < -0.3 is 24.7 Å². The Morgan fingerprint density at radius 3 is 2.79 bits per heavy atom. The highest BCUT2D eigenvalue weighted by molar-refractivity contribution is 8.00. The van der Waals surface area contributed by atoms with Gasteiger partial charge in [-0.2, -0.15) is 0 Å². The van der Waals surface area contributed by atoms with Gasteiger partial charge in [0.25, 0.3) is 5.91 Å². The highest BCUT2D eigenvalue weighted by Gasteiger charge is 2.14. The number of ether oxygens (including phenoxy) is 2. The van der Waals surface area contributed by atoms with E-state index in [-0.39, 0.29) is 18.6 Å². The fourth-order valence-electron chi connectivity index (χ4n) is 3.74. The topological polar surface area (TPSA) is 81.6 Å². The second kappa shape index (κ2) is 10.2. The molecule has 0 bridgehead atoms. The maximum Gasteiger partial charge on any atom is 0.261 e. The molecular weight excluding hydrogens is 470 g/mol. The molecule has 0 atom stereocenters. The molecule has 0 spiro atoms. The minimum Gasteiger partial charge on any atom is -0.454 e. The van der Waals surface area contributed by atoms with Gasteiger partial charge in [-0.05, 0) is 35.2 Å². The van der Waals surface area contributed by atoms with Crippen molar-refractivity contribution >= 4 is 45.8 Å². The number of thioether (sulfide) groups is 1. The molecule has 0 fully saturated rings. The van der Waals surface area contributed by atoms with Crippen LogP contribution in [0.1, 0.15) is 15.2 Å². The van der Waals surface area contributed by atoms with Gasteiger partial charge in [0.05, 0.1) is 10.6 Å². The number of carbonyl (C=O) groups is 2. The van der Waals surface area contributed by atoms with Crippen LogP contribution < -0.4 is 20.1 Å². The summed E-state index contributed by atoms with van der Waals surface area (Å²) in [6.45, 7) is 1.84. The Bertz CT molecular complexity index is 1320. The maximum absolute atomic E-state index is 12.5. The third kappa shape index (κ3) is 5.05. The zero-order chi connectivity index (χ0) is 23.3. The number of para-hydroxylation sites is 1. The van der Waals surface area contributed by atoms with Crippen molar-refractivity contribution in [2.75, 3.05) is 19.1 Å². The lowest BCUT2D eigenvalue weighted by molar-refractivity contribution is -0.118. The van der Waals surface area contributed by atoms with Crippen molar-refractivity contribution < 1.29 is 19.1 Å². The van der Waals surface area contributed by atoms with Crippen molar-refractivity contribution in [2.45, 2.75) is 18.0 Å². The van der Waals surface area contributed by atoms with Crippen molar-refractivity contribution in [1.29, 1.82) is 0 Å². The quantitative estimate of drug-likeness (QED) is 0.341. The molecule has 5 rings (SSSR count). The summed E-state index contributed by atoms with van der Waals surface area (Å²) in [7, 11) is 0. The number of thiophene rings is 1. The third-order valence-corrected chi connectivity index (χ3v) is 7.33. The van der Waals surface area contributed by atoms with E-state index in [9.17, 15) is 9.59 Å². The van der Waals surface area contributed by atoms with Gasteiger partial charge in [0.15, 0.2) is 11.5 Å². The fraction of sp³-hybridized carbons (Fsp3) is 0.200. The van der Waals surface area contributed by atoms with Crippen LogP contribution in [0.15, 0.2) is 71.1 Å². The smallest absolute Gasteiger partial charge is 0.261 e. The first kappa shape index (κ1) is 22.4. The minimum atomic E-state index is -0.0554. The van der Waals surface area contributed by atoms with Crippen LogP contribution in [0.4, 0.5) is 0 Å². The molecule has 0 aliphatic carbocycles. The van der Waals surface area contributed by atoms with Gasteiger partial charge >= 0.3 is 0 Å². The van der Waals surface area contributed by atoms with E-state index >= 15 is 0 Å². The van der Waals surface area contributed by atoms with Crippen molar-refractivity contribution in [2.24, 2.45) is 0 Å². The Morgan fingerprint density at radius 2 is 1.91 bits per heavy atom. The van der Waals surface area contributed by atoms with Gasteiger partial charge in [-0.3, -0.25) is 9.59 Å². The molecule has 4 aromatic rings. The Kier molecular flexibility index (Phi) is 6.73. The molecule has 2 aromatic carbocycles. The molecule has 0 saturated heterocycles. The van der Waals surface area contributed by atoms with Gasteiger partial charge in [-0.25, -0.2) is 0 Å². The number of aromatic nitrogens is 1. The van der Waals surface area contributed by atoms with Crippen LogP contribution in [0.25, 0.3) is 10.9 Å². The van der Waals surface area contributed by atoms with E-state index in [1.165, 1.54) is 23.1 Å². The van der Waals surface area contributed by atoms with E-state index in [0.29, 0.717) is 36.0 Å². The molecule has 1 aliphatic rings. The number of nitrogens with one attached hydrogen (secondary N) is 2. The highest BCUT2D eigenvalue weighted by Crippen LogP contribution is 2.32. The summed E-state index contributed by atoms with van der Waals surface area (Å²) >= 11 is 2.94. The van der Waals surface area contributed by atoms with E-state index in [4.69, 9.17) is 9.47 Å². The van der Waals surface area contributed by atoms with Crippen molar-refractivity contribution in [3.8, 4) is 11.5 Å².